The number of carbonyl (C=O) groups is 1. The van der Waals surface area contributed by atoms with Crippen LogP contribution in [0.15, 0.2) is 40.7 Å². The van der Waals surface area contributed by atoms with Crippen LogP contribution in [-0.2, 0) is 16.2 Å². The Morgan fingerprint density at radius 3 is 2.41 bits per heavy atom. The molecule has 4 aromatic rings. The Bertz CT molecular complexity index is 1700. The Balaban J connectivity index is 1.61. The van der Waals surface area contributed by atoms with Gasteiger partial charge in [-0.15, -0.1) is 0 Å². The van der Waals surface area contributed by atoms with Crippen molar-refractivity contribution in [1.29, 1.82) is 0 Å². The minimum absolute atomic E-state index is 0.0481. The first-order valence-corrected chi connectivity index (χ1v) is 13.8. The molecule has 41 heavy (non-hydrogen) atoms. The minimum atomic E-state index is -4.60. The fourth-order valence-corrected chi connectivity index (χ4v) is 6.32. The maximum absolute atomic E-state index is 13.8. The van der Waals surface area contributed by atoms with Crippen LogP contribution in [0.2, 0.25) is 0 Å². The number of thiazole rings is 1. The highest BCUT2D eigenvalue weighted by Crippen LogP contribution is 2.33. The number of halogens is 5. The van der Waals surface area contributed by atoms with E-state index in [0.717, 1.165) is 36.5 Å². The second kappa shape index (κ2) is 10.9. The first-order chi connectivity index (χ1) is 19.0. The molecule has 4 rings (SSSR count). The van der Waals surface area contributed by atoms with Gasteiger partial charge in [0.2, 0.25) is 0 Å². The third-order valence-corrected chi connectivity index (χ3v) is 8.79. The van der Waals surface area contributed by atoms with Crippen LogP contribution in [0.3, 0.4) is 0 Å². The van der Waals surface area contributed by atoms with E-state index in [0.29, 0.717) is 15.9 Å². The molecule has 0 spiro atoms. The molecule has 3 aromatic heterocycles. The zero-order chi connectivity index (χ0) is 30.3. The molecule has 1 aromatic carbocycles. The SMILES string of the molecule is Cc1nc(NC(=O)Oc2cnn3c(C(F)F)cc(-c4ccc(C(F)(F)F)cc4)nc23)sc1S(=O)(=O)NC(C)(C)CO. The van der Waals surface area contributed by atoms with Crippen molar-refractivity contribution in [2.75, 3.05) is 11.9 Å². The van der Waals surface area contributed by atoms with Crippen LogP contribution < -0.4 is 14.8 Å². The molecule has 0 radical (unpaired) electrons. The quantitative estimate of drug-likeness (QED) is 0.239. The molecular formula is C23H21F5N6O5S2. The minimum Gasteiger partial charge on any atom is -0.404 e. The zero-order valence-corrected chi connectivity index (χ0v) is 23.0. The average molecular weight is 621 g/mol. The molecule has 1 amide bonds. The Morgan fingerprint density at radius 2 is 1.83 bits per heavy atom. The maximum atomic E-state index is 13.8. The summed E-state index contributed by atoms with van der Waals surface area (Å²) in [5.41, 5.74) is -3.10. The van der Waals surface area contributed by atoms with Gasteiger partial charge in [-0.2, -0.15) is 18.3 Å². The number of aliphatic hydroxyl groups is 1. The third-order valence-electron chi connectivity index (χ3n) is 5.41. The van der Waals surface area contributed by atoms with Crippen LogP contribution in [-0.4, -0.2) is 51.3 Å². The van der Waals surface area contributed by atoms with Crippen LogP contribution in [0, 0.1) is 6.92 Å². The van der Waals surface area contributed by atoms with Gasteiger partial charge >= 0.3 is 12.3 Å². The van der Waals surface area contributed by atoms with E-state index in [9.17, 15) is 40.3 Å². The molecule has 11 nitrogen and oxygen atoms in total. The first-order valence-electron chi connectivity index (χ1n) is 11.5. The van der Waals surface area contributed by atoms with Crippen molar-refractivity contribution < 1.29 is 45.0 Å². The summed E-state index contributed by atoms with van der Waals surface area (Å²) in [5, 5.41) is 15.2. The molecule has 0 aliphatic rings. The second-order valence-corrected chi connectivity index (χ2v) is 12.1. The number of ether oxygens (including phenoxy) is 1. The number of alkyl halides is 5. The van der Waals surface area contributed by atoms with Crippen LogP contribution in [0.5, 0.6) is 5.75 Å². The van der Waals surface area contributed by atoms with Crippen LogP contribution >= 0.6 is 11.3 Å². The van der Waals surface area contributed by atoms with Crippen molar-refractivity contribution in [2.24, 2.45) is 0 Å². The first kappa shape index (κ1) is 30.2. The van der Waals surface area contributed by atoms with E-state index in [1.165, 1.54) is 20.8 Å². The molecule has 0 atom stereocenters. The highest BCUT2D eigenvalue weighted by molar-refractivity contribution is 7.91. The molecule has 3 heterocycles. The molecule has 3 N–H and O–H groups in total. The average Bonchev–Trinajstić information content (AvgIpc) is 3.45. The zero-order valence-electron chi connectivity index (χ0n) is 21.3. The molecule has 0 bridgehead atoms. The topological polar surface area (TPSA) is 148 Å². The van der Waals surface area contributed by atoms with Gasteiger partial charge in [-0.25, -0.2) is 41.2 Å². The van der Waals surface area contributed by atoms with Crippen LogP contribution in [0.1, 0.15) is 37.2 Å². The van der Waals surface area contributed by atoms with Crippen LogP contribution in [0.4, 0.5) is 31.9 Å². The Labute approximate surface area is 233 Å². The monoisotopic (exact) mass is 620 g/mol. The van der Waals surface area contributed by atoms with Gasteiger partial charge in [0.05, 0.1) is 35.3 Å². The van der Waals surface area contributed by atoms with E-state index in [2.05, 4.69) is 25.1 Å². The van der Waals surface area contributed by atoms with E-state index in [1.54, 1.807) is 0 Å². The third kappa shape index (κ3) is 6.61. The number of nitrogens with zero attached hydrogens (tertiary/aromatic N) is 4. The van der Waals surface area contributed by atoms with Crippen molar-refractivity contribution in [3.05, 3.63) is 53.5 Å². The van der Waals surface area contributed by atoms with Gasteiger partial charge in [0.15, 0.2) is 20.7 Å². The van der Waals surface area contributed by atoms with E-state index < -0.39 is 52.1 Å². The number of nitrogens with one attached hydrogen (secondary N) is 2. The largest absolute Gasteiger partial charge is 0.419 e. The summed E-state index contributed by atoms with van der Waals surface area (Å²) in [4.78, 5) is 20.7. The number of aliphatic hydroxyl groups excluding tert-OH is 1. The summed E-state index contributed by atoms with van der Waals surface area (Å²) in [6, 6.07) is 4.62. The van der Waals surface area contributed by atoms with E-state index in [-0.39, 0.29) is 37.7 Å². The van der Waals surface area contributed by atoms with Gasteiger partial charge in [-0.3, -0.25) is 5.32 Å². The summed E-state index contributed by atoms with van der Waals surface area (Å²) in [6.07, 6.45) is -7.91. The van der Waals surface area contributed by atoms with E-state index >= 15 is 0 Å². The maximum Gasteiger partial charge on any atom is 0.419 e. The number of rotatable bonds is 8. The second-order valence-electron chi connectivity index (χ2n) is 9.24. The van der Waals surface area contributed by atoms with Gasteiger partial charge in [0.1, 0.15) is 5.69 Å². The highest BCUT2D eigenvalue weighted by Gasteiger charge is 2.31. The predicted molar refractivity (Wildman–Crippen MR) is 136 cm³/mol. The molecule has 0 unspecified atom stereocenters. The Hall–Kier alpha value is -3.74. The summed E-state index contributed by atoms with van der Waals surface area (Å²) < 4.78 is 99.8. The molecular weight excluding hydrogens is 599 g/mol. The number of hydrogen-bond acceptors (Lipinski definition) is 9. The molecule has 0 aliphatic carbocycles. The summed E-state index contributed by atoms with van der Waals surface area (Å²) in [5.74, 6) is -0.370. The normalized spacial score (nSPS) is 12.7. The summed E-state index contributed by atoms with van der Waals surface area (Å²) >= 11 is 0.600. The van der Waals surface area contributed by atoms with Crippen LogP contribution in [0.25, 0.3) is 16.9 Å². The fraction of sp³-hybridized carbons (Fsp3) is 0.304. The van der Waals surface area contributed by atoms with Gasteiger partial charge in [-0.05, 0) is 39.0 Å². The number of amides is 1. The lowest BCUT2D eigenvalue weighted by molar-refractivity contribution is -0.137. The van der Waals surface area contributed by atoms with E-state index in [4.69, 9.17) is 4.74 Å². The highest BCUT2D eigenvalue weighted by atomic mass is 32.2. The van der Waals surface area contributed by atoms with Crippen molar-refractivity contribution in [3.8, 4) is 17.0 Å². The number of aromatic nitrogens is 4. The predicted octanol–water partition coefficient (Wildman–Crippen LogP) is 4.78. The number of aryl methyl sites for hydroxylation is 1. The van der Waals surface area contributed by atoms with E-state index in [1.807, 2.05) is 0 Å². The number of carbonyl (C=O) groups excluding carboxylic acids is 1. The lowest BCUT2D eigenvalue weighted by atomic mass is 10.1. The number of benzene rings is 1. The molecule has 0 saturated heterocycles. The van der Waals surface area contributed by atoms with Crippen molar-refractivity contribution >= 4 is 38.2 Å². The Morgan fingerprint density at radius 1 is 1.17 bits per heavy atom. The molecule has 0 fully saturated rings. The number of fused-ring (bicyclic) bond motifs is 1. The Kier molecular flexibility index (Phi) is 8.05. The fourth-order valence-electron chi connectivity index (χ4n) is 3.51. The number of sulfonamides is 1. The van der Waals surface area contributed by atoms with Gasteiger partial charge < -0.3 is 9.84 Å². The molecule has 0 saturated carbocycles. The molecule has 220 valence electrons. The van der Waals surface area contributed by atoms with Gasteiger partial charge in [0, 0.05) is 5.56 Å². The lowest BCUT2D eigenvalue weighted by Crippen LogP contribution is -2.46. The standard InChI is InChI=1S/C23H21F5N6O5S2/c1-11-19(41(37,38)33-22(2,3)10-35)40-20(30-11)32-21(36)39-16-9-29-34-15(17(24)25)8-14(31-18(16)34)12-4-6-13(7-5-12)23(26,27)28/h4-9,17,33,35H,10H2,1-3H3,(H,30,32,36). The molecule has 18 heteroatoms. The molecule has 0 aliphatic heterocycles. The number of anilines is 1. The van der Waals surface area contributed by atoms with Gasteiger partial charge in [0.25, 0.3) is 16.4 Å². The van der Waals surface area contributed by atoms with Gasteiger partial charge in [-0.1, -0.05) is 23.5 Å². The summed E-state index contributed by atoms with van der Waals surface area (Å²) in [6.45, 7) is 3.83. The van der Waals surface area contributed by atoms with Crippen molar-refractivity contribution in [2.45, 2.75) is 43.1 Å². The van der Waals surface area contributed by atoms with Crippen molar-refractivity contribution in [1.82, 2.24) is 24.3 Å². The summed E-state index contributed by atoms with van der Waals surface area (Å²) in [7, 11) is -4.11. The lowest BCUT2D eigenvalue weighted by Gasteiger charge is -2.22. The smallest absolute Gasteiger partial charge is 0.404 e. The number of hydrogen-bond donors (Lipinski definition) is 3. The van der Waals surface area contributed by atoms with Crippen molar-refractivity contribution in [3.63, 3.8) is 0 Å².